The summed E-state index contributed by atoms with van der Waals surface area (Å²) in [6, 6.07) is 10.0. The van der Waals surface area contributed by atoms with E-state index in [1.807, 2.05) is 0 Å². The van der Waals surface area contributed by atoms with Crippen molar-refractivity contribution in [2.75, 3.05) is 18.9 Å². The van der Waals surface area contributed by atoms with Gasteiger partial charge in [0.2, 0.25) is 5.88 Å². The van der Waals surface area contributed by atoms with Gasteiger partial charge in [-0.05, 0) is 30.3 Å². The van der Waals surface area contributed by atoms with Gasteiger partial charge < -0.3 is 14.2 Å². The van der Waals surface area contributed by atoms with E-state index in [2.05, 4.69) is 14.7 Å². The van der Waals surface area contributed by atoms with Gasteiger partial charge in [0.05, 0.1) is 25.1 Å². The Labute approximate surface area is 146 Å². The van der Waals surface area contributed by atoms with Crippen molar-refractivity contribution in [1.29, 1.82) is 0 Å². The maximum Gasteiger partial charge on any atom is 0.259 e. The van der Waals surface area contributed by atoms with E-state index in [1.54, 1.807) is 50.6 Å². The summed E-state index contributed by atoms with van der Waals surface area (Å²) in [7, 11) is 3.10. The number of nitrogens with one attached hydrogen (secondary N) is 1. The largest absolute Gasteiger partial charge is 0.493 e. The van der Waals surface area contributed by atoms with E-state index in [9.17, 15) is 4.21 Å². The minimum atomic E-state index is -2.12. The average molecular weight is 361 g/mol. The van der Waals surface area contributed by atoms with Gasteiger partial charge in [-0.15, -0.1) is 0 Å². The zero-order valence-corrected chi connectivity index (χ0v) is 14.2. The molecule has 0 aliphatic carbocycles. The second-order valence-electron chi connectivity index (χ2n) is 4.88. The van der Waals surface area contributed by atoms with Crippen LogP contribution >= 0.6 is 0 Å². The summed E-state index contributed by atoms with van der Waals surface area (Å²) < 4.78 is 38.3. The van der Waals surface area contributed by atoms with Gasteiger partial charge in [-0.2, -0.15) is 0 Å². The number of benzene rings is 2. The Morgan fingerprint density at radius 1 is 1.04 bits per heavy atom. The summed E-state index contributed by atoms with van der Waals surface area (Å²) in [5.74, 6) is 1.98. The Bertz CT molecular complexity index is 918. The third-order valence-corrected chi connectivity index (χ3v) is 3.79. The van der Waals surface area contributed by atoms with E-state index < -0.39 is 11.3 Å². The maximum atomic E-state index is 10.7. The van der Waals surface area contributed by atoms with E-state index in [0.29, 0.717) is 39.7 Å². The van der Waals surface area contributed by atoms with Crippen molar-refractivity contribution in [2.45, 2.75) is 0 Å². The SMILES string of the molecule is COc1cc2ncnc(Oc3ccc(NS(=O)O)cc3)c2cc1OC. The van der Waals surface area contributed by atoms with E-state index in [1.165, 1.54) is 6.33 Å². The Morgan fingerprint density at radius 2 is 1.72 bits per heavy atom. The summed E-state index contributed by atoms with van der Waals surface area (Å²) in [6.45, 7) is 0. The summed E-state index contributed by atoms with van der Waals surface area (Å²) in [5.41, 5.74) is 1.14. The van der Waals surface area contributed by atoms with Gasteiger partial charge in [0, 0.05) is 11.8 Å². The minimum absolute atomic E-state index is 0.359. The summed E-state index contributed by atoms with van der Waals surface area (Å²) >= 11 is -2.12. The van der Waals surface area contributed by atoms with Crippen LogP contribution in [0.5, 0.6) is 23.1 Å². The van der Waals surface area contributed by atoms with Crippen LogP contribution in [-0.4, -0.2) is 32.9 Å². The fraction of sp³-hybridized carbons (Fsp3) is 0.125. The van der Waals surface area contributed by atoms with Crippen LogP contribution in [0.1, 0.15) is 0 Å². The number of methoxy groups -OCH3 is 2. The predicted octanol–water partition coefficient (Wildman–Crippen LogP) is 2.99. The highest BCUT2D eigenvalue weighted by Crippen LogP contribution is 2.35. The molecule has 1 unspecified atom stereocenters. The molecule has 1 heterocycles. The van der Waals surface area contributed by atoms with Crippen molar-refractivity contribution in [3.05, 3.63) is 42.7 Å². The van der Waals surface area contributed by atoms with Crippen LogP contribution in [-0.2, 0) is 11.3 Å². The lowest BCUT2D eigenvalue weighted by Gasteiger charge is -2.11. The monoisotopic (exact) mass is 361 g/mol. The van der Waals surface area contributed by atoms with Crippen LogP contribution in [0.4, 0.5) is 5.69 Å². The Morgan fingerprint density at radius 3 is 2.36 bits per heavy atom. The van der Waals surface area contributed by atoms with Gasteiger partial charge in [-0.1, -0.05) is 0 Å². The van der Waals surface area contributed by atoms with E-state index in [4.69, 9.17) is 18.8 Å². The first-order valence-corrected chi connectivity index (χ1v) is 8.23. The molecule has 130 valence electrons. The normalized spacial score (nSPS) is 11.8. The molecule has 2 aromatic carbocycles. The number of hydrogen-bond acceptors (Lipinski definition) is 6. The maximum absolute atomic E-state index is 10.7. The molecule has 0 spiro atoms. The lowest BCUT2D eigenvalue weighted by Crippen LogP contribution is -2.01. The van der Waals surface area contributed by atoms with Crippen molar-refractivity contribution >= 4 is 27.9 Å². The second-order valence-corrected chi connectivity index (χ2v) is 5.58. The number of fused-ring (bicyclic) bond motifs is 1. The Hall–Kier alpha value is -2.91. The smallest absolute Gasteiger partial charge is 0.259 e. The van der Waals surface area contributed by atoms with Crippen LogP contribution in [0.2, 0.25) is 0 Å². The number of nitrogens with zero attached hydrogens (tertiary/aromatic N) is 2. The molecule has 2 N–H and O–H groups in total. The van der Waals surface area contributed by atoms with Crippen molar-refractivity contribution in [1.82, 2.24) is 9.97 Å². The molecule has 0 bridgehead atoms. The third kappa shape index (κ3) is 3.78. The topological polar surface area (TPSA) is 103 Å². The summed E-state index contributed by atoms with van der Waals surface area (Å²) in [4.78, 5) is 8.39. The lowest BCUT2D eigenvalue weighted by atomic mass is 10.2. The van der Waals surface area contributed by atoms with E-state index >= 15 is 0 Å². The highest BCUT2D eigenvalue weighted by molar-refractivity contribution is 7.80. The van der Waals surface area contributed by atoms with Crippen LogP contribution in [0.25, 0.3) is 10.9 Å². The van der Waals surface area contributed by atoms with Gasteiger partial charge in [0.1, 0.15) is 12.1 Å². The van der Waals surface area contributed by atoms with Crippen molar-refractivity contribution in [3.63, 3.8) is 0 Å². The second kappa shape index (κ2) is 7.32. The summed E-state index contributed by atoms with van der Waals surface area (Å²) in [6.07, 6.45) is 1.40. The first-order valence-electron chi connectivity index (χ1n) is 7.13. The lowest BCUT2D eigenvalue weighted by molar-refractivity contribution is 0.355. The van der Waals surface area contributed by atoms with Crippen LogP contribution < -0.4 is 18.9 Å². The molecule has 9 heteroatoms. The molecule has 0 fully saturated rings. The van der Waals surface area contributed by atoms with Gasteiger partial charge in [0.15, 0.2) is 11.5 Å². The standard InChI is InChI=1S/C16H15N3O5S/c1-22-14-7-12-13(8-15(14)23-2)17-9-18-16(12)24-11-5-3-10(4-6-11)19-25(20)21/h3-9,19H,1-2H3,(H,20,21). The minimum Gasteiger partial charge on any atom is -0.493 e. The number of rotatable bonds is 6. The molecule has 0 amide bonds. The molecule has 0 aliphatic rings. The molecule has 0 saturated heterocycles. The van der Waals surface area contributed by atoms with Gasteiger partial charge in [0.25, 0.3) is 11.3 Å². The number of hydrogen-bond donors (Lipinski definition) is 2. The van der Waals surface area contributed by atoms with Crippen molar-refractivity contribution in [3.8, 4) is 23.1 Å². The van der Waals surface area contributed by atoms with E-state index in [-0.39, 0.29) is 0 Å². The molecular formula is C16H15N3O5S. The fourth-order valence-electron chi connectivity index (χ4n) is 2.24. The number of ether oxygens (including phenoxy) is 3. The van der Waals surface area contributed by atoms with Crippen LogP contribution in [0.3, 0.4) is 0 Å². The van der Waals surface area contributed by atoms with E-state index in [0.717, 1.165) is 0 Å². The quantitative estimate of drug-likeness (QED) is 0.651. The third-order valence-electron chi connectivity index (χ3n) is 3.38. The molecule has 0 saturated carbocycles. The van der Waals surface area contributed by atoms with Crippen molar-refractivity contribution in [2.24, 2.45) is 0 Å². The van der Waals surface area contributed by atoms with Gasteiger partial charge in [-0.25, -0.2) is 14.2 Å². The highest BCUT2D eigenvalue weighted by Gasteiger charge is 2.12. The van der Waals surface area contributed by atoms with Gasteiger partial charge >= 0.3 is 0 Å². The van der Waals surface area contributed by atoms with Crippen molar-refractivity contribution < 1.29 is 23.0 Å². The van der Waals surface area contributed by atoms with Crippen LogP contribution in [0.15, 0.2) is 42.7 Å². The zero-order chi connectivity index (χ0) is 17.8. The zero-order valence-electron chi connectivity index (χ0n) is 13.4. The molecule has 8 nitrogen and oxygen atoms in total. The first-order chi connectivity index (χ1) is 12.1. The Kier molecular flexibility index (Phi) is 4.96. The summed E-state index contributed by atoms with van der Waals surface area (Å²) in [5, 5.41) is 0.666. The number of anilines is 1. The number of aromatic nitrogens is 2. The molecular weight excluding hydrogens is 346 g/mol. The highest BCUT2D eigenvalue weighted by atomic mass is 32.2. The molecule has 25 heavy (non-hydrogen) atoms. The Balaban J connectivity index is 1.94. The predicted molar refractivity (Wildman–Crippen MR) is 93.6 cm³/mol. The van der Waals surface area contributed by atoms with Crippen LogP contribution in [0, 0.1) is 0 Å². The first kappa shape index (κ1) is 16.9. The van der Waals surface area contributed by atoms with Gasteiger partial charge in [-0.3, -0.25) is 9.27 Å². The average Bonchev–Trinajstić information content (AvgIpc) is 2.62. The molecule has 1 atom stereocenters. The molecule has 0 aliphatic heterocycles. The molecule has 3 aromatic rings. The molecule has 1 aromatic heterocycles. The fourth-order valence-corrected chi connectivity index (χ4v) is 2.58. The molecule has 3 rings (SSSR count). The molecule has 0 radical (unpaired) electrons.